The van der Waals surface area contributed by atoms with Crippen molar-refractivity contribution in [2.24, 2.45) is 0 Å². The normalized spacial score (nSPS) is 19.1. The average molecular weight is 368 g/mol. The van der Waals surface area contributed by atoms with Gasteiger partial charge in [-0.25, -0.2) is 9.59 Å². The van der Waals surface area contributed by atoms with Crippen LogP contribution < -0.4 is 16.0 Å². The molecule has 0 radical (unpaired) electrons. The Morgan fingerprint density at radius 1 is 1.11 bits per heavy atom. The van der Waals surface area contributed by atoms with E-state index in [1.54, 1.807) is 6.92 Å². The van der Waals surface area contributed by atoms with Gasteiger partial charge in [-0.05, 0) is 23.3 Å². The molecular weight excluding hydrogens is 348 g/mol. The van der Waals surface area contributed by atoms with Gasteiger partial charge in [-0.2, -0.15) is 0 Å². The van der Waals surface area contributed by atoms with E-state index in [0.29, 0.717) is 5.56 Å². The topological polar surface area (TPSA) is 108 Å². The Labute approximate surface area is 155 Å². The largest absolute Gasteiger partial charge is 0.341 e. The molecule has 1 aliphatic heterocycles. The first-order chi connectivity index (χ1) is 12.9. The Morgan fingerprint density at radius 2 is 1.81 bits per heavy atom. The zero-order chi connectivity index (χ0) is 19.6. The van der Waals surface area contributed by atoms with Crippen LogP contribution in [-0.4, -0.2) is 42.4 Å². The lowest BCUT2D eigenvalue weighted by Crippen LogP contribution is -2.42. The van der Waals surface area contributed by atoms with Crippen molar-refractivity contribution in [1.82, 2.24) is 20.9 Å². The quantitative estimate of drug-likeness (QED) is 0.710. The van der Waals surface area contributed by atoms with Gasteiger partial charge in [-0.15, -0.1) is 0 Å². The number of fused-ring (bicyclic) bond motifs is 1. The predicted octanol–water partition coefficient (Wildman–Crippen LogP) is 1.45. The molecule has 0 spiro atoms. The van der Waals surface area contributed by atoms with Crippen molar-refractivity contribution >= 4 is 34.6 Å². The molecular formula is C19H20N4O4. The second-order valence-electron chi connectivity index (χ2n) is 6.42. The van der Waals surface area contributed by atoms with E-state index in [2.05, 4.69) is 16.0 Å². The van der Waals surface area contributed by atoms with Gasteiger partial charge < -0.3 is 10.6 Å². The maximum atomic E-state index is 13.0. The molecule has 1 aliphatic rings. The monoisotopic (exact) mass is 368 g/mol. The summed E-state index contributed by atoms with van der Waals surface area (Å²) in [6.07, 6.45) is -0.168. The summed E-state index contributed by atoms with van der Waals surface area (Å²) in [5.41, 5.74) is -0.536. The van der Waals surface area contributed by atoms with E-state index in [9.17, 15) is 19.2 Å². The van der Waals surface area contributed by atoms with E-state index in [1.807, 2.05) is 42.5 Å². The lowest BCUT2D eigenvalue weighted by molar-refractivity contribution is -0.131. The van der Waals surface area contributed by atoms with Crippen molar-refractivity contribution in [3.8, 4) is 0 Å². The van der Waals surface area contributed by atoms with Crippen LogP contribution in [0.4, 0.5) is 9.59 Å². The summed E-state index contributed by atoms with van der Waals surface area (Å²) in [7, 11) is 1.38. The molecule has 0 unspecified atom stereocenters. The number of imide groups is 2. The number of rotatable bonds is 4. The predicted molar refractivity (Wildman–Crippen MR) is 98.8 cm³/mol. The fourth-order valence-corrected chi connectivity index (χ4v) is 3.21. The van der Waals surface area contributed by atoms with Gasteiger partial charge in [-0.3, -0.25) is 19.8 Å². The average Bonchev–Trinajstić information content (AvgIpc) is 2.88. The number of carbonyl (C=O) groups excluding carboxylic acids is 4. The molecule has 1 fully saturated rings. The summed E-state index contributed by atoms with van der Waals surface area (Å²) < 4.78 is 0. The van der Waals surface area contributed by atoms with E-state index in [0.717, 1.165) is 15.7 Å². The van der Waals surface area contributed by atoms with Crippen molar-refractivity contribution < 1.29 is 19.2 Å². The fraction of sp³-hybridized carbons (Fsp3) is 0.263. The van der Waals surface area contributed by atoms with Crippen LogP contribution in [0.25, 0.3) is 10.8 Å². The van der Waals surface area contributed by atoms with Crippen LogP contribution in [0.15, 0.2) is 42.5 Å². The third kappa shape index (κ3) is 3.33. The van der Waals surface area contributed by atoms with Crippen molar-refractivity contribution in [2.75, 3.05) is 13.6 Å². The number of nitrogens with zero attached hydrogens (tertiary/aromatic N) is 1. The van der Waals surface area contributed by atoms with Crippen LogP contribution >= 0.6 is 0 Å². The van der Waals surface area contributed by atoms with E-state index < -0.39 is 29.4 Å². The molecule has 6 amide bonds. The number of amides is 6. The number of nitrogens with one attached hydrogen (secondary N) is 3. The highest BCUT2D eigenvalue weighted by Crippen LogP contribution is 2.33. The molecule has 3 rings (SSSR count). The lowest BCUT2D eigenvalue weighted by atomic mass is 9.88. The number of hydrogen-bond donors (Lipinski definition) is 3. The Balaban J connectivity index is 1.82. The van der Waals surface area contributed by atoms with Crippen LogP contribution in [0.3, 0.4) is 0 Å². The van der Waals surface area contributed by atoms with Gasteiger partial charge in [0.1, 0.15) is 5.54 Å². The Morgan fingerprint density at radius 3 is 2.56 bits per heavy atom. The molecule has 2 aromatic rings. The molecule has 0 saturated carbocycles. The molecule has 27 heavy (non-hydrogen) atoms. The Kier molecular flexibility index (Phi) is 4.81. The van der Waals surface area contributed by atoms with Gasteiger partial charge in [0, 0.05) is 20.0 Å². The summed E-state index contributed by atoms with van der Waals surface area (Å²) in [4.78, 5) is 49.3. The van der Waals surface area contributed by atoms with Gasteiger partial charge in [0.2, 0.25) is 5.91 Å². The van der Waals surface area contributed by atoms with Crippen molar-refractivity contribution in [3.05, 3.63) is 48.0 Å². The number of urea groups is 2. The first-order valence-corrected chi connectivity index (χ1v) is 8.50. The van der Waals surface area contributed by atoms with Gasteiger partial charge in [0.25, 0.3) is 5.91 Å². The standard InChI is InChI=1S/C19H20N4O4/c1-19(14-9-5-7-12-6-3-4-8-13(12)14)16(25)23(18(27)22-19)11-10-15(24)21-17(26)20-2/h3-9H,10-11H2,1-2H3,(H,22,27)(H2,20,21,24,26)/t19-/m0/s1. The van der Waals surface area contributed by atoms with Crippen LogP contribution in [0.5, 0.6) is 0 Å². The first-order valence-electron chi connectivity index (χ1n) is 8.50. The molecule has 8 heteroatoms. The molecule has 8 nitrogen and oxygen atoms in total. The van der Waals surface area contributed by atoms with Crippen LogP contribution in [0.1, 0.15) is 18.9 Å². The maximum absolute atomic E-state index is 13.0. The van der Waals surface area contributed by atoms with Crippen LogP contribution in [-0.2, 0) is 15.1 Å². The molecule has 3 N–H and O–H groups in total. The summed E-state index contributed by atoms with van der Waals surface area (Å²) in [6, 6.07) is 12.0. The molecule has 0 bridgehead atoms. The number of carbonyl (C=O) groups is 4. The minimum atomic E-state index is -1.23. The minimum Gasteiger partial charge on any atom is -0.341 e. The van der Waals surface area contributed by atoms with Crippen molar-refractivity contribution in [2.45, 2.75) is 18.9 Å². The second-order valence-corrected chi connectivity index (χ2v) is 6.42. The van der Waals surface area contributed by atoms with Crippen molar-refractivity contribution in [3.63, 3.8) is 0 Å². The molecule has 2 aromatic carbocycles. The minimum absolute atomic E-state index is 0.117. The smallest absolute Gasteiger partial charge is 0.325 e. The summed E-state index contributed by atoms with van der Waals surface area (Å²) in [5.74, 6) is -1.01. The summed E-state index contributed by atoms with van der Waals surface area (Å²) >= 11 is 0. The maximum Gasteiger partial charge on any atom is 0.325 e. The molecule has 140 valence electrons. The zero-order valence-electron chi connectivity index (χ0n) is 15.0. The third-order valence-corrected chi connectivity index (χ3v) is 4.65. The zero-order valence-corrected chi connectivity index (χ0v) is 15.0. The van der Waals surface area contributed by atoms with Crippen molar-refractivity contribution in [1.29, 1.82) is 0 Å². The highest BCUT2D eigenvalue weighted by molar-refractivity contribution is 6.09. The molecule has 0 aromatic heterocycles. The SMILES string of the molecule is CNC(=O)NC(=O)CCN1C(=O)N[C@@](C)(c2cccc3ccccc23)C1=O. The molecule has 1 heterocycles. The second kappa shape index (κ2) is 7.06. The molecule has 1 atom stereocenters. The lowest BCUT2D eigenvalue weighted by Gasteiger charge is -2.24. The molecule has 1 saturated heterocycles. The highest BCUT2D eigenvalue weighted by atomic mass is 16.2. The van der Waals surface area contributed by atoms with E-state index in [-0.39, 0.29) is 13.0 Å². The van der Waals surface area contributed by atoms with Gasteiger partial charge in [0.05, 0.1) is 0 Å². The summed E-state index contributed by atoms with van der Waals surface area (Å²) in [5, 5.41) is 8.93. The first kappa shape index (κ1) is 18.4. The van der Waals surface area contributed by atoms with Gasteiger partial charge in [0.15, 0.2) is 0 Å². The third-order valence-electron chi connectivity index (χ3n) is 4.65. The van der Waals surface area contributed by atoms with Crippen LogP contribution in [0.2, 0.25) is 0 Å². The molecule has 0 aliphatic carbocycles. The van der Waals surface area contributed by atoms with E-state index >= 15 is 0 Å². The van der Waals surface area contributed by atoms with E-state index in [1.165, 1.54) is 7.05 Å². The van der Waals surface area contributed by atoms with Gasteiger partial charge in [-0.1, -0.05) is 42.5 Å². The number of hydrogen-bond acceptors (Lipinski definition) is 4. The van der Waals surface area contributed by atoms with Crippen LogP contribution in [0, 0.1) is 0 Å². The number of benzene rings is 2. The highest BCUT2D eigenvalue weighted by Gasteiger charge is 2.49. The fourth-order valence-electron chi connectivity index (χ4n) is 3.21. The van der Waals surface area contributed by atoms with Gasteiger partial charge >= 0.3 is 12.1 Å². The Bertz CT molecular complexity index is 937. The summed E-state index contributed by atoms with van der Waals surface area (Å²) in [6.45, 7) is 1.54. The van der Waals surface area contributed by atoms with E-state index in [4.69, 9.17) is 0 Å². The Hall–Kier alpha value is -3.42.